The van der Waals surface area contributed by atoms with Gasteiger partial charge in [0.15, 0.2) is 12.2 Å². The molecular formula is C79H154O17P2. The molecule has 98 heavy (non-hydrogen) atoms. The van der Waals surface area contributed by atoms with Crippen LogP contribution in [-0.4, -0.2) is 96.7 Å². The van der Waals surface area contributed by atoms with Gasteiger partial charge in [-0.25, -0.2) is 9.13 Å². The number of carbonyl (C=O) groups is 4. The summed E-state index contributed by atoms with van der Waals surface area (Å²) in [5.74, 6) is -1.30. The van der Waals surface area contributed by atoms with Crippen LogP contribution in [-0.2, 0) is 65.4 Å². The van der Waals surface area contributed by atoms with Crippen molar-refractivity contribution >= 4 is 39.5 Å². The molecular weight excluding hydrogens is 1280 g/mol. The van der Waals surface area contributed by atoms with Gasteiger partial charge < -0.3 is 33.8 Å². The topological polar surface area (TPSA) is 237 Å². The predicted octanol–water partition coefficient (Wildman–Crippen LogP) is 23.6. The molecule has 0 aliphatic carbocycles. The molecule has 0 fully saturated rings. The molecule has 0 amide bonds. The number of esters is 4. The van der Waals surface area contributed by atoms with Gasteiger partial charge in [0.25, 0.3) is 0 Å². The van der Waals surface area contributed by atoms with Crippen LogP contribution in [0, 0.1) is 5.92 Å². The number of ether oxygens (including phenoxy) is 4. The van der Waals surface area contributed by atoms with E-state index in [9.17, 15) is 43.2 Å². The largest absolute Gasteiger partial charge is 0.472 e. The summed E-state index contributed by atoms with van der Waals surface area (Å²) in [6.07, 6.45) is 62.3. The molecule has 0 aliphatic heterocycles. The summed E-state index contributed by atoms with van der Waals surface area (Å²) in [6.45, 7) is 7.34. The molecule has 582 valence electrons. The van der Waals surface area contributed by atoms with Crippen LogP contribution in [0.1, 0.15) is 420 Å². The lowest BCUT2D eigenvalue weighted by Crippen LogP contribution is -2.30. The molecule has 0 aromatic heterocycles. The lowest BCUT2D eigenvalue weighted by molar-refractivity contribution is -0.161. The zero-order chi connectivity index (χ0) is 71.9. The summed E-state index contributed by atoms with van der Waals surface area (Å²) < 4.78 is 68.6. The highest BCUT2D eigenvalue weighted by Crippen LogP contribution is 2.45. The monoisotopic (exact) mass is 1440 g/mol. The maximum atomic E-state index is 13.1. The second-order valence-corrected chi connectivity index (χ2v) is 31.8. The van der Waals surface area contributed by atoms with Gasteiger partial charge in [0, 0.05) is 25.7 Å². The lowest BCUT2D eigenvalue weighted by atomic mass is 10.0. The molecule has 0 aromatic carbocycles. The van der Waals surface area contributed by atoms with Gasteiger partial charge in [-0.2, -0.15) is 0 Å². The third kappa shape index (κ3) is 72.4. The fourth-order valence-electron chi connectivity index (χ4n) is 12.2. The van der Waals surface area contributed by atoms with Crippen molar-refractivity contribution in [2.45, 2.75) is 438 Å². The van der Waals surface area contributed by atoms with Crippen molar-refractivity contribution in [2.75, 3.05) is 39.6 Å². The average Bonchev–Trinajstić information content (AvgIpc) is 1.06. The van der Waals surface area contributed by atoms with Gasteiger partial charge in [-0.15, -0.1) is 0 Å². The van der Waals surface area contributed by atoms with E-state index >= 15 is 0 Å². The Morgan fingerprint density at radius 2 is 0.469 bits per heavy atom. The van der Waals surface area contributed by atoms with Crippen molar-refractivity contribution in [1.29, 1.82) is 0 Å². The van der Waals surface area contributed by atoms with Crippen molar-refractivity contribution in [3.8, 4) is 0 Å². The molecule has 19 heteroatoms. The summed E-state index contributed by atoms with van der Waals surface area (Å²) in [5, 5.41) is 10.6. The summed E-state index contributed by atoms with van der Waals surface area (Å²) in [4.78, 5) is 72.9. The minimum Gasteiger partial charge on any atom is -0.462 e. The van der Waals surface area contributed by atoms with Gasteiger partial charge in [-0.3, -0.25) is 37.3 Å². The molecule has 3 N–H and O–H groups in total. The van der Waals surface area contributed by atoms with Crippen LogP contribution in [0.2, 0.25) is 0 Å². The summed E-state index contributed by atoms with van der Waals surface area (Å²) in [6, 6.07) is 0. The van der Waals surface area contributed by atoms with Crippen molar-refractivity contribution in [1.82, 2.24) is 0 Å². The number of aliphatic hydroxyl groups excluding tert-OH is 1. The molecule has 2 unspecified atom stereocenters. The Morgan fingerprint density at radius 3 is 0.694 bits per heavy atom. The number of rotatable bonds is 79. The van der Waals surface area contributed by atoms with Gasteiger partial charge in [0.2, 0.25) is 0 Å². The van der Waals surface area contributed by atoms with Gasteiger partial charge in [-0.05, 0) is 31.6 Å². The minimum absolute atomic E-state index is 0.108. The van der Waals surface area contributed by atoms with Crippen molar-refractivity contribution in [3.05, 3.63) is 0 Å². The van der Waals surface area contributed by atoms with E-state index in [0.29, 0.717) is 25.7 Å². The van der Waals surface area contributed by atoms with E-state index in [2.05, 4.69) is 34.6 Å². The molecule has 0 aliphatic rings. The number of phosphoric acid groups is 2. The van der Waals surface area contributed by atoms with Crippen LogP contribution >= 0.6 is 15.6 Å². The molecule has 0 saturated heterocycles. The number of hydrogen-bond donors (Lipinski definition) is 3. The average molecular weight is 1440 g/mol. The quantitative estimate of drug-likeness (QED) is 0.0222. The Labute approximate surface area is 600 Å². The normalized spacial score (nSPS) is 13.9. The minimum atomic E-state index is -4.96. The zero-order valence-electron chi connectivity index (χ0n) is 63.9. The van der Waals surface area contributed by atoms with Crippen LogP contribution in [0.4, 0.5) is 0 Å². The van der Waals surface area contributed by atoms with E-state index in [0.717, 1.165) is 95.8 Å². The van der Waals surface area contributed by atoms with E-state index in [4.69, 9.17) is 37.0 Å². The summed E-state index contributed by atoms with van der Waals surface area (Å²) >= 11 is 0. The number of carbonyl (C=O) groups excluding carboxylic acids is 4. The maximum absolute atomic E-state index is 13.1. The highest BCUT2D eigenvalue weighted by molar-refractivity contribution is 7.47. The first kappa shape index (κ1) is 96.1. The van der Waals surface area contributed by atoms with Crippen LogP contribution in [0.3, 0.4) is 0 Å². The Hall–Kier alpha value is -1.94. The SMILES string of the molecule is CCCCCCCCCCCCCCCCCCCC(=O)OC[C@H](COP(=O)(O)OC[C@@H](O)COP(=O)(O)OC[C@@H](COC(=O)CCCCCCCCCCCC)OC(=O)CCCCCCCCCCCCCC)OC(=O)CCCCCCCCCCCCCCCCCCC(C)C. The molecule has 17 nitrogen and oxygen atoms in total. The van der Waals surface area contributed by atoms with Gasteiger partial charge >= 0.3 is 39.5 Å². The Kier molecular flexibility index (Phi) is 70.6. The van der Waals surface area contributed by atoms with Crippen LogP contribution in [0.15, 0.2) is 0 Å². The van der Waals surface area contributed by atoms with Gasteiger partial charge in [-0.1, -0.05) is 369 Å². The summed E-state index contributed by atoms with van der Waals surface area (Å²) in [5.41, 5.74) is 0. The van der Waals surface area contributed by atoms with Crippen LogP contribution in [0.5, 0.6) is 0 Å². The number of hydrogen-bond acceptors (Lipinski definition) is 15. The zero-order valence-corrected chi connectivity index (χ0v) is 65.7. The molecule has 0 heterocycles. The second-order valence-electron chi connectivity index (χ2n) is 28.9. The first-order chi connectivity index (χ1) is 47.5. The fourth-order valence-corrected chi connectivity index (χ4v) is 13.8. The number of aliphatic hydroxyl groups is 1. The molecule has 0 radical (unpaired) electrons. The van der Waals surface area contributed by atoms with E-state index in [-0.39, 0.29) is 25.7 Å². The smallest absolute Gasteiger partial charge is 0.462 e. The maximum Gasteiger partial charge on any atom is 0.472 e. The standard InChI is InChI=1S/C79H154O17P2/c1-6-9-12-15-18-21-24-26-27-28-32-35-39-43-48-53-58-63-77(82)90-69-75(96-79(84)65-60-55-50-45-40-36-33-30-29-31-34-37-41-46-51-56-61-72(4)5)71-94-98(87,88)92-67-73(80)66-91-97(85,86)93-70-74(68-89-76(81)62-57-52-47-42-23-20-17-14-11-8-3)95-78(83)64-59-54-49-44-38-25-22-19-16-13-10-7-2/h72-75,80H,6-71H2,1-5H3,(H,85,86)(H,87,88)/t73-,74+,75+/m0/s1. The second kappa shape index (κ2) is 72.0. The van der Waals surface area contributed by atoms with Crippen LogP contribution in [0.25, 0.3) is 0 Å². The highest BCUT2D eigenvalue weighted by Gasteiger charge is 2.30. The fraction of sp³-hybridized carbons (Fsp3) is 0.949. The summed E-state index contributed by atoms with van der Waals surface area (Å²) in [7, 11) is -9.91. The van der Waals surface area contributed by atoms with Crippen molar-refractivity contribution in [2.24, 2.45) is 5.92 Å². The molecule has 0 bridgehead atoms. The highest BCUT2D eigenvalue weighted by atomic mass is 31.2. The first-order valence-electron chi connectivity index (χ1n) is 41.1. The predicted molar refractivity (Wildman–Crippen MR) is 400 cm³/mol. The molecule has 5 atom stereocenters. The molecule has 0 saturated carbocycles. The van der Waals surface area contributed by atoms with Crippen molar-refractivity contribution in [3.63, 3.8) is 0 Å². The Balaban J connectivity index is 5.22. The van der Waals surface area contributed by atoms with E-state index < -0.39 is 97.5 Å². The Bertz CT molecular complexity index is 1870. The molecule has 0 aromatic rings. The van der Waals surface area contributed by atoms with Crippen LogP contribution < -0.4 is 0 Å². The van der Waals surface area contributed by atoms with E-state index in [1.54, 1.807) is 0 Å². The number of unbranched alkanes of at least 4 members (excludes halogenated alkanes) is 51. The Morgan fingerprint density at radius 1 is 0.276 bits per heavy atom. The third-order valence-electron chi connectivity index (χ3n) is 18.5. The first-order valence-corrected chi connectivity index (χ1v) is 44.1. The molecule has 0 spiro atoms. The van der Waals surface area contributed by atoms with E-state index in [1.165, 1.54) is 244 Å². The number of phosphoric ester groups is 2. The van der Waals surface area contributed by atoms with Crippen molar-refractivity contribution < 1.29 is 80.2 Å². The van der Waals surface area contributed by atoms with E-state index in [1.807, 2.05) is 0 Å². The lowest BCUT2D eigenvalue weighted by Gasteiger charge is -2.21. The van der Waals surface area contributed by atoms with Gasteiger partial charge in [0.1, 0.15) is 19.3 Å². The third-order valence-corrected chi connectivity index (χ3v) is 20.4. The van der Waals surface area contributed by atoms with Gasteiger partial charge in [0.05, 0.1) is 26.4 Å². The molecule has 0 rings (SSSR count).